The number of nitrogens with two attached hydrogens (primary N) is 1. The van der Waals surface area contributed by atoms with Gasteiger partial charge in [-0.3, -0.25) is 9.32 Å². The molecule has 0 spiro atoms. The predicted molar refractivity (Wildman–Crippen MR) is 120 cm³/mol. The number of hydrogen-bond acceptors (Lipinski definition) is 5. The predicted octanol–water partition coefficient (Wildman–Crippen LogP) is 3.85. The van der Waals surface area contributed by atoms with Crippen molar-refractivity contribution in [1.29, 1.82) is 0 Å². The standard InChI is InChI=1S/C23H32NO6P/c1-17-7-9-19(10-8-17)5-4-6-22(25)20-11-12-21(18(2)13-20)14-29-15-23(3,24)16-30-31(26,27)28/h7-13H,4-6,14-16,24H2,1-3H3,(H2,26,27,28)/t23-/m1/s1. The number of ketones is 1. The number of benzene rings is 2. The van der Waals surface area contributed by atoms with E-state index in [1.54, 1.807) is 13.0 Å². The first-order valence-electron chi connectivity index (χ1n) is 10.2. The minimum absolute atomic E-state index is 0.0616. The van der Waals surface area contributed by atoms with Crippen LogP contribution >= 0.6 is 7.82 Å². The summed E-state index contributed by atoms with van der Waals surface area (Å²) in [6.45, 7) is 5.57. The van der Waals surface area contributed by atoms with Crippen LogP contribution in [0.2, 0.25) is 0 Å². The van der Waals surface area contributed by atoms with Crippen molar-refractivity contribution in [2.24, 2.45) is 5.73 Å². The van der Waals surface area contributed by atoms with E-state index < -0.39 is 13.4 Å². The molecule has 0 saturated carbocycles. The second-order valence-corrected chi connectivity index (χ2v) is 9.55. The number of hydrogen-bond donors (Lipinski definition) is 3. The largest absolute Gasteiger partial charge is 0.469 e. The zero-order valence-corrected chi connectivity index (χ0v) is 19.2. The summed E-state index contributed by atoms with van der Waals surface area (Å²) in [7, 11) is -4.57. The summed E-state index contributed by atoms with van der Waals surface area (Å²) in [5, 5.41) is 0. The molecule has 0 aliphatic rings. The Morgan fingerprint density at radius 2 is 1.77 bits per heavy atom. The summed E-state index contributed by atoms with van der Waals surface area (Å²) in [5.41, 5.74) is 9.91. The van der Waals surface area contributed by atoms with Crippen molar-refractivity contribution in [2.75, 3.05) is 13.2 Å². The third kappa shape index (κ3) is 9.44. The highest BCUT2D eigenvalue weighted by atomic mass is 31.2. The van der Waals surface area contributed by atoms with Gasteiger partial charge in [0.15, 0.2) is 5.78 Å². The van der Waals surface area contributed by atoms with Crippen LogP contribution in [0.5, 0.6) is 0 Å². The molecule has 2 rings (SSSR count). The lowest BCUT2D eigenvalue weighted by Gasteiger charge is -2.24. The first-order valence-corrected chi connectivity index (χ1v) is 11.7. The summed E-state index contributed by atoms with van der Waals surface area (Å²) >= 11 is 0. The fraction of sp³-hybridized carbons (Fsp3) is 0.435. The summed E-state index contributed by atoms with van der Waals surface area (Å²) in [5.74, 6) is 0.117. The van der Waals surface area contributed by atoms with Gasteiger partial charge >= 0.3 is 7.82 Å². The van der Waals surface area contributed by atoms with Crippen LogP contribution in [0.1, 0.15) is 52.4 Å². The molecule has 0 bridgehead atoms. The van der Waals surface area contributed by atoms with Crippen LogP contribution in [-0.2, 0) is 26.9 Å². The molecule has 170 valence electrons. The van der Waals surface area contributed by atoms with E-state index in [0.29, 0.717) is 12.0 Å². The lowest BCUT2D eigenvalue weighted by molar-refractivity contribution is 0.0510. The van der Waals surface area contributed by atoms with Gasteiger partial charge in [-0.15, -0.1) is 0 Å². The summed E-state index contributed by atoms with van der Waals surface area (Å²) in [6, 6.07) is 13.9. The van der Waals surface area contributed by atoms with Crippen molar-refractivity contribution in [2.45, 2.75) is 52.2 Å². The molecule has 0 radical (unpaired) electrons. The highest BCUT2D eigenvalue weighted by Crippen LogP contribution is 2.36. The molecular formula is C23H32NO6P. The molecule has 0 aliphatic carbocycles. The lowest BCUT2D eigenvalue weighted by atomic mass is 9.99. The number of phosphoric acid groups is 1. The molecule has 0 heterocycles. The molecule has 31 heavy (non-hydrogen) atoms. The van der Waals surface area contributed by atoms with Crippen molar-refractivity contribution >= 4 is 13.6 Å². The Morgan fingerprint density at radius 3 is 2.39 bits per heavy atom. The van der Waals surface area contributed by atoms with E-state index in [-0.39, 0.29) is 25.6 Å². The molecule has 0 saturated heterocycles. The van der Waals surface area contributed by atoms with Gasteiger partial charge in [0.1, 0.15) is 0 Å². The molecule has 7 nitrogen and oxygen atoms in total. The number of phosphoric ester groups is 1. The highest BCUT2D eigenvalue weighted by Gasteiger charge is 2.25. The van der Waals surface area contributed by atoms with Crippen LogP contribution in [0.4, 0.5) is 0 Å². The molecule has 8 heteroatoms. The Morgan fingerprint density at radius 1 is 1.10 bits per heavy atom. The maximum atomic E-state index is 12.5. The van der Waals surface area contributed by atoms with Crippen molar-refractivity contribution in [3.05, 3.63) is 70.3 Å². The number of ether oxygens (including phenoxy) is 1. The smallest absolute Gasteiger partial charge is 0.375 e. The average Bonchev–Trinajstić information content (AvgIpc) is 2.68. The van der Waals surface area contributed by atoms with Gasteiger partial charge in [-0.05, 0) is 56.4 Å². The normalized spacial score (nSPS) is 13.7. The minimum atomic E-state index is -4.57. The minimum Gasteiger partial charge on any atom is -0.375 e. The number of rotatable bonds is 12. The lowest BCUT2D eigenvalue weighted by Crippen LogP contribution is -2.45. The maximum absolute atomic E-state index is 12.5. The molecular weight excluding hydrogens is 417 g/mol. The van der Waals surface area contributed by atoms with Gasteiger partial charge in [0.05, 0.1) is 25.4 Å². The third-order valence-electron chi connectivity index (χ3n) is 4.91. The van der Waals surface area contributed by atoms with Gasteiger partial charge in [0.25, 0.3) is 0 Å². The van der Waals surface area contributed by atoms with Crippen molar-refractivity contribution in [1.82, 2.24) is 0 Å². The van der Waals surface area contributed by atoms with E-state index in [0.717, 1.165) is 24.0 Å². The van der Waals surface area contributed by atoms with Gasteiger partial charge in [-0.1, -0.05) is 42.0 Å². The first kappa shape index (κ1) is 25.4. The van der Waals surface area contributed by atoms with Crippen LogP contribution in [0.3, 0.4) is 0 Å². The second kappa shape index (κ2) is 11.1. The molecule has 4 N–H and O–H groups in total. The quantitative estimate of drug-likeness (QED) is 0.333. The monoisotopic (exact) mass is 449 g/mol. The molecule has 0 fully saturated rings. The zero-order chi connectivity index (χ0) is 23.1. The van der Waals surface area contributed by atoms with E-state index in [4.69, 9.17) is 20.3 Å². The SMILES string of the molecule is Cc1ccc(CCCC(=O)c2ccc(COC[C@@](C)(N)COP(=O)(O)O)c(C)c2)cc1. The summed E-state index contributed by atoms with van der Waals surface area (Å²) < 4.78 is 20.9. The van der Waals surface area contributed by atoms with Gasteiger partial charge in [0.2, 0.25) is 0 Å². The van der Waals surface area contributed by atoms with Crippen molar-refractivity contribution in [3.8, 4) is 0 Å². The Kier molecular flexibility index (Phi) is 9.13. The molecule has 2 aromatic rings. The van der Waals surface area contributed by atoms with E-state index in [1.165, 1.54) is 11.1 Å². The van der Waals surface area contributed by atoms with E-state index in [2.05, 4.69) is 35.7 Å². The van der Waals surface area contributed by atoms with Gasteiger partial charge < -0.3 is 20.3 Å². The van der Waals surface area contributed by atoms with Crippen LogP contribution in [0.25, 0.3) is 0 Å². The summed E-state index contributed by atoms with van der Waals surface area (Å²) in [4.78, 5) is 30.1. The fourth-order valence-electron chi connectivity index (χ4n) is 3.05. The number of aryl methyl sites for hydroxylation is 3. The third-order valence-corrected chi connectivity index (χ3v) is 5.37. The molecule has 2 aromatic carbocycles. The molecule has 0 unspecified atom stereocenters. The Hall–Kier alpha value is -1.86. The van der Waals surface area contributed by atoms with E-state index in [1.807, 2.05) is 19.1 Å². The number of carbonyl (C=O) groups excluding carboxylic acids is 1. The van der Waals surface area contributed by atoms with Crippen LogP contribution in [-0.4, -0.2) is 34.3 Å². The molecule has 1 atom stereocenters. The maximum Gasteiger partial charge on any atom is 0.469 e. The number of carbonyl (C=O) groups is 1. The number of Topliss-reactive ketones (excluding diaryl/α,β-unsaturated/α-hetero) is 1. The van der Waals surface area contributed by atoms with Crippen LogP contribution in [0.15, 0.2) is 42.5 Å². The summed E-state index contributed by atoms with van der Waals surface area (Å²) in [6.07, 6.45) is 2.17. The average molecular weight is 449 g/mol. The van der Waals surface area contributed by atoms with Crippen LogP contribution < -0.4 is 5.73 Å². The highest BCUT2D eigenvalue weighted by molar-refractivity contribution is 7.46. The van der Waals surface area contributed by atoms with Crippen molar-refractivity contribution in [3.63, 3.8) is 0 Å². The zero-order valence-electron chi connectivity index (χ0n) is 18.3. The first-order chi connectivity index (χ1) is 14.5. The van der Waals surface area contributed by atoms with Crippen LogP contribution in [0, 0.1) is 13.8 Å². The molecule has 0 amide bonds. The topological polar surface area (TPSA) is 119 Å². The fourth-order valence-corrected chi connectivity index (χ4v) is 3.51. The van der Waals surface area contributed by atoms with Gasteiger partial charge in [-0.25, -0.2) is 4.57 Å². The Labute approximate surface area is 183 Å². The molecule has 0 aromatic heterocycles. The van der Waals surface area contributed by atoms with Gasteiger partial charge in [0, 0.05) is 12.0 Å². The van der Waals surface area contributed by atoms with Gasteiger partial charge in [-0.2, -0.15) is 0 Å². The Bertz CT molecular complexity index is 920. The van der Waals surface area contributed by atoms with E-state index in [9.17, 15) is 9.36 Å². The van der Waals surface area contributed by atoms with Crippen molar-refractivity contribution < 1.29 is 28.4 Å². The van der Waals surface area contributed by atoms with E-state index >= 15 is 0 Å². The second-order valence-electron chi connectivity index (χ2n) is 8.31. The molecule has 0 aliphatic heterocycles. The Balaban J connectivity index is 1.81.